The van der Waals surface area contributed by atoms with E-state index in [9.17, 15) is 9.59 Å². The number of carboxylic acid groups (broad SMARTS) is 1. The number of methoxy groups -OCH3 is 2. The van der Waals surface area contributed by atoms with Crippen molar-refractivity contribution in [1.82, 2.24) is 0 Å². The second-order valence-corrected chi connectivity index (χ2v) is 4.46. The van der Waals surface area contributed by atoms with E-state index in [1.165, 1.54) is 14.2 Å². The highest BCUT2D eigenvalue weighted by atomic mass is 16.5. The van der Waals surface area contributed by atoms with Crippen LogP contribution in [-0.2, 0) is 14.3 Å². The molecule has 0 aromatic heterocycles. The zero-order chi connectivity index (χ0) is 16.7. The lowest BCUT2D eigenvalue weighted by Gasteiger charge is -2.14. The highest BCUT2D eigenvalue weighted by molar-refractivity contribution is 6.01. The molecule has 6 nitrogen and oxygen atoms in total. The van der Waals surface area contributed by atoms with Gasteiger partial charge in [0.15, 0.2) is 0 Å². The van der Waals surface area contributed by atoms with E-state index in [1.807, 2.05) is 0 Å². The van der Waals surface area contributed by atoms with Crippen molar-refractivity contribution in [2.24, 2.45) is 0 Å². The van der Waals surface area contributed by atoms with Crippen molar-refractivity contribution in [2.75, 3.05) is 20.8 Å². The van der Waals surface area contributed by atoms with Crippen LogP contribution in [0.15, 0.2) is 23.8 Å². The SMILES string of the molecule is CCOC(=O)/C(CC(=O)O)=C(\C)c1cc(OC)ccc1OC. The molecule has 0 heterocycles. The number of carbonyl (C=O) groups is 2. The summed E-state index contributed by atoms with van der Waals surface area (Å²) in [6.07, 6.45) is -0.426. The van der Waals surface area contributed by atoms with E-state index in [1.54, 1.807) is 32.0 Å². The van der Waals surface area contributed by atoms with Crippen molar-refractivity contribution in [3.05, 3.63) is 29.3 Å². The number of benzene rings is 1. The number of allylic oxidation sites excluding steroid dienone is 1. The molecule has 1 aromatic carbocycles. The van der Waals surface area contributed by atoms with Gasteiger partial charge in [-0.1, -0.05) is 0 Å². The Labute approximate surface area is 129 Å². The third kappa shape index (κ3) is 4.25. The molecule has 120 valence electrons. The van der Waals surface area contributed by atoms with Gasteiger partial charge in [0.05, 0.1) is 32.8 Å². The molecule has 0 unspecified atom stereocenters. The predicted octanol–water partition coefficient (Wildman–Crippen LogP) is 2.52. The fourth-order valence-corrected chi connectivity index (χ4v) is 2.00. The van der Waals surface area contributed by atoms with Crippen molar-refractivity contribution in [2.45, 2.75) is 20.3 Å². The number of rotatable bonds is 7. The van der Waals surface area contributed by atoms with E-state index in [2.05, 4.69) is 0 Å². The Morgan fingerprint density at radius 1 is 1.18 bits per heavy atom. The van der Waals surface area contributed by atoms with E-state index < -0.39 is 18.4 Å². The molecule has 0 aliphatic rings. The Balaban J connectivity index is 3.44. The van der Waals surface area contributed by atoms with E-state index >= 15 is 0 Å². The first-order chi connectivity index (χ1) is 10.4. The maximum absolute atomic E-state index is 12.0. The fraction of sp³-hybridized carbons (Fsp3) is 0.375. The van der Waals surface area contributed by atoms with Gasteiger partial charge in [-0.25, -0.2) is 4.79 Å². The normalized spacial score (nSPS) is 11.5. The van der Waals surface area contributed by atoms with Crippen LogP contribution in [0.25, 0.3) is 5.57 Å². The topological polar surface area (TPSA) is 82.1 Å². The third-order valence-corrected chi connectivity index (χ3v) is 3.11. The van der Waals surface area contributed by atoms with Gasteiger partial charge in [0.25, 0.3) is 0 Å². The third-order valence-electron chi connectivity index (χ3n) is 3.11. The van der Waals surface area contributed by atoms with Crippen LogP contribution in [-0.4, -0.2) is 37.9 Å². The summed E-state index contributed by atoms with van der Waals surface area (Å²) >= 11 is 0. The Kier molecular flexibility index (Phi) is 6.44. The summed E-state index contributed by atoms with van der Waals surface area (Å²) in [6, 6.07) is 5.10. The number of esters is 1. The monoisotopic (exact) mass is 308 g/mol. The number of carbonyl (C=O) groups excluding carboxylic acids is 1. The maximum Gasteiger partial charge on any atom is 0.334 e. The lowest BCUT2D eigenvalue weighted by molar-refractivity contribution is -0.142. The Hall–Kier alpha value is -2.50. The zero-order valence-electron chi connectivity index (χ0n) is 13.1. The van der Waals surface area contributed by atoms with Crippen LogP contribution in [0, 0.1) is 0 Å². The quantitative estimate of drug-likeness (QED) is 0.615. The summed E-state index contributed by atoms with van der Waals surface area (Å²) in [6.45, 7) is 3.49. The molecule has 0 bridgehead atoms. The van der Waals surface area contributed by atoms with Crippen LogP contribution in [0.4, 0.5) is 0 Å². The van der Waals surface area contributed by atoms with E-state index in [0.717, 1.165) is 0 Å². The molecule has 1 aromatic rings. The van der Waals surface area contributed by atoms with Crippen LogP contribution in [0.2, 0.25) is 0 Å². The zero-order valence-corrected chi connectivity index (χ0v) is 13.1. The second-order valence-electron chi connectivity index (χ2n) is 4.46. The van der Waals surface area contributed by atoms with Gasteiger partial charge < -0.3 is 19.3 Å². The average Bonchev–Trinajstić information content (AvgIpc) is 2.51. The molecule has 1 rings (SSSR count). The standard InChI is InChI=1S/C16H20O6/c1-5-22-16(19)13(9-15(17)18)10(2)12-8-11(20-3)6-7-14(12)21-4/h6-8H,5,9H2,1-4H3,(H,17,18)/b13-10+. The van der Waals surface area contributed by atoms with Gasteiger partial charge >= 0.3 is 11.9 Å². The molecule has 0 saturated carbocycles. The van der Waals surface area contributed by atoms with Crippen LogP contribution >= 0.6 is 0 Å². The number of carboxylic acids is 1. The largest absolute Gasteiger partial charge is 0.497 e. The summed E-state index contributed by atoms with van der Waals surface area (Å²) in [7, 11) is 3.02. The van der Waals surface area contributed by atoms with E-state index in [0.29, 0.717) is 22.6 Å². The van der Waals surface area contributed by atoms with Gasteiger partial charge in [-0.05, 0) is 37.6 Å². The molecule has 0 amide bonds. The number of hydrogen-bond acceptors (Lipinski definition) is 5. The highest BCUT2D eigenvalue weighted by Gasteiger charge is 2.20. The average molecular weight is 308 g/mol. The molecule has 0 atom stereocenters. The van der Waals surface area contributed by atoms with Crippen molar-refractivity contribution >= 4 is 17.5 Å². The fourth-order valence-electron chi connectivity index (χ4n) is 2.00. The van der Waals surface area contributed by atoms with Crippen LogP contribution in [0.5, 0.6) is 11.5 Å². The van der Waals surface area contributed by atoms with Crippen molar-refractivity contribution in [3.8, 4) is 11.5 Å². The predicted molar refractivity (Wildman–Crippen MR) is 81.0 cm³/mol. The van der Waals surface area contributed by atoms with Gasteiger partial charge in [0.1, 0.15) is 11.5 Å². The molecule has 0 radical (unpaired) electrons. The van der Waals surface area contributed by atoms with Crippen molar-refractivity contribution < 1.29 is 28.9 Å². The smallest absolute Gasteiger partial charge is 0.334 e. The summed E-state index contributed by atoms with van der Waals surface area (Å²) in [5.74, 6) is -0.657. The van der Waals surface area contributed by atoms with Crippen LogP contribution in [0.3, 0.4) is 0 Å². The molecular weight excluding hydrogens is 288 g/mol. The molecule has 22 heavy (non-hydrogen) atoms. The van der Waals surface area contributed by atoms with Gasteiger partial charge in [-0.3, -0.25) is 4.79 Å². The molecule has 0 spiro atoms. The maximum atomic E-state index is 12.0. The molecule has 0 aliphatic heterocycles. The molecular formula is C16H20O6. The lowest BCUT2D eigenvalue weighted by atomic mass is 9.98. The molecule has 0 aliphatic carbocycles. The van der Waals surface area contributed by atoms with Crippen molar-refractivity contribution in [1.29, 1.82) is 0 Å². The molecule has 6 heteroatoms. The van der Waals surface area contributed by atoms with Gasteiger partial charge in [-0.2, -0.15) is 0 Å². The first-order valence-corrected chi connectivity index (χ1v) is 6.75. The number of aliphatic carboxylic acids is 1. The first-order valence-electron chi connectivity index (χ1n) is 6.75. The summed E-state index contributed by atoms with van der Waals surface area (Å²) in [5, 5.41) is 9.03. The number of ether oxygens (including phenoxy) is 3. The van der Waals surface area contributed by atoms with Gasteiger partial charge in [0, 0.05) is 5.56 Å². The summed E-state index contributed by atoms with van der Waals surface area (Å²) in [5.41, 5.74) is 1.16. The van der Waals surface area contributed by atoms with E-state index in [4.69, 9.17) is 19.3 Å². The molecule has 0 fully saturated rings. The summed E-state index contributed by atoms with van der Waals surface area (Å²) in [4.78, 5) is 23.1. The minimum Gasteiger partial charge on any atom is -0.497 e. The first kappa shape index (κ1) is 17.6. The Bertz CT molecular complexity index is 588. The number of hydrogen-bond donors (Lipinski definition) is 1. The minimum absolute atomic E-state index is 0.0842. The van der Waals surface area contributed by atoms with Gasteiger partial charge in [-0.15, -0.1) is 0 Å². The van der Waals surface area contributed by atoms with Crippen LogP contribution < -0.4 is 9.47 Å². The second kappa shape index (κ2) is 8.07. The van der Waals surface area contributed by atoms with Gasteiger partial charge in [0.2, 0.25) is 0 Å². The minimum atomic E-state index is -1.11. The Morgan fingerprint density at radius 3 is 2.36 bits per heavy atom. The van der Waals surface area contributed by atoms with Crippen LogP contribution in [0.1, 0.15) is 25.8 Å². The highest BCUT2D eigenvalue weighted by Crippen LogP contribution is 2.32. The molecule has 0 saturated heterocycles. The van der Waals surface area contributed by atoms with Crippen molar-refractivity contribution in [3.63, 3.8) is 0 Å². The lowest BCUT2D eigenvalue weighted by Crippen LogP contribution is -2.13. The van der Waals surface area contributed by atoms with E-state index in [-0.39, 0.29) is 12.2 Å². The summed E-state index contributed by atoms with van der Waals surface area (Å²) < 4.78 is 15.4. The Morgan fingerprint density at radius 2 is 1.86 bits per heavy atom. The molecule has 1 N–H and O–H groups in total.